The summed E-state index contributed by atoms with van der Waals surface area (Å²) >= 11 is 6.31. The van der Waals surface area contributed by atoms with Crippen LogP contribution in [0.25, 0.3) is 11.4 Å². The van der Waals surface area contributed by atoms with Gasteiger partial charge < -0.3 is 19.3 Å². The summed E-state index contributed by atoms with van der Waals surface area (Å²) in [6.45, 7) is 1.69. The Hall–Kier alpha value is -2.58. The highest BCUT2D eigenvalue weighted by Crippen LogP contribution is 2.40. The van der Waals surface area contributed by atoms with Gasteiger partial charge in [0.25, 0.3) is 5.89 Å². The van der Waals surface area contributed by atoms with E-state index in [-0.39, 0.29) is 0 Å². The lowest BCUT2D eigenvalue weighted by molar-refractivity contribution is 0.172. The van der Waals surface area contributed by atoms with E-state index >= 15 is 0 Å². The predicted octanol–water partition coefficient (Wildman–Crippen LogP) is 2.73. The molecule has 1 aliphatic heterocycles. The van der Waals surface area contributed by atoms with Crippen molar-refractivity contribution >= 4 is 11.6 Å². The van der Waals surface area contributed by atoms with Crippen molar-refractivity contribution in [3.8, 4) is 22.9 Å². The third-order valence-electron chi connectivity index (χ3n) is 4.89. The van der Waals surface area contributed by atoms with E-state index in [1.807, 2.05) is 16.9 Å². The van der Waals surface area contributed by atoms with Crippen molar-refractivity contribution in [1.29, 1.82) is 0 Å². The number of rotatable bonds is 5. The zero-order chi connectivity index (χ0) is 18.9. The number of methoxy groups -OCH3 is 2. The molecule has 0 bridgehead atoms. The summed E-state index contributed by atoms with van der Waals surface area (Å²) in [5, 5.41) is 12.4. The topological polar surface area (TPSA) is 87.2 Å². The van der Waals surface area contributed by atoms with Gasteiger partial charge in [0.15, 0.2) is 11.5 Å². The van der Waals surface area contributed by atoms with E-state index in [0.29, 0.717) is 33.8 Å². The molecule has 8 nitrogen and oxygen atoms in total. The highest BCUT2D eigenvalue weighted by Gasteiger charge is 2.42. The van der Waals surface area contributed by atoms with Gasteiger partial charge in [0, 0.05) is 18.0 Å². The standard InChI is InChI=1S/C18H20ClN5O3/c1-25-14-11-12(10-13(19)15(14)26-2)16-22-17(27-23-16)18(4-7-20-8-5-18)24-9-3-6-21-24/h3,6,9-11,20H,4-5,7-8H2,1-2H3. The van der Waals surface area contributed by atoms with Gasteiger partial charge in [-0.1, -0.05) is 16.8 Å². The zero-order valence-corrected chi connectivity index (χ0v) is 15.9. The van der Waals surface area contributed by atoms with Gasteiger partial charge in [0.2, 0.25) is 5.82 Å². The van der Waals surface area contributed by atoms with Gasteiger partial charge in [0.1, 0.15) is 5.54 Å². The molecule has 3 aromatic rings. The van der Waals surface area contributed by atoms with E-state index in [2.05, 4.69) is 20.6 Å². The summed E-state index contributed by atoms with van der Waals surface area (Å²) in [7, 11) is 3.10. The fourth-order valence-electron chi connectivity index (χ4n) is 3.48. The Labute approximate surface area is 161 Å². The van der Waals surface area contributed by atoms with E-state index in [0.717, 1.165) is 25.9 Å². The van der Waals surface area contributed by atoms with Crippen molar-refractivity contribution < 1.29 is 14.0 Å². The van der Waals surface area contributed by atoms with Crippen LogP contribution in [0.1, 0.15) is 18.7 Å². The number of nitrogens with one attached hydrogen (secondary N) is 1. The van der Waals surface area contributed by atoms with Crippen LogP contribution in [0.3, 0.4) is 0 Å². The Bertz CT molecular complexity index is 919. The molecule has 9 heteroatoms. The quantitative estimate of drug-likeness (QED) is 0.717. The lowest BCUT2D eigenvalue weighted by Gasteiger charge is -2.34. The van der Waals surface area contributed by atoms with E-state index in [9.17, 15) is 0 Å². The molecule has 0 spiro atoms. The number of ether oxygens (including phenoxy) is 2. The summed E-state index contributed by atoms with van der Waals surface area (Å²) in [5.41, 5.74) is 0.234. The zero-order valence-electron chi connectivity index (χ0n) is 15.1. The van der Waals surface area contributed by atoms with Crippen molar-refractivity contribution in [2.45, 2.75) is 18.4 Å². The normalized spacial score (nSPS) is 16.3. The van der Waals surface area contributed by atoms with Gasteiger partial charge in [0.05, 0.1) is 19.2 Å². The lowest BCUT2D eigenvalue weighted by Crippen LogP contribution is -2.45. The number of nitrogens with zero attached hydrogens (tertiary/aromatic N) is 4. The molecule has 2 aromatic heterocycles. The first kappa shape index (κ1) is 17.8. The molecule has 0 atom stereocenters. The third kappa shape index (κ3) is 3.04. The molecule has 4 rings (SSSR count). The van der Waals surface area contributed by atoms with E-state index < -0.39 is 5.54 Å². The highest BCUT2D eigenvalue weighted by atomic mass is 35.5. The van der Waals surface area contributed by atoms with Crippen LogP contribution in [0.2, 0.25) is 5.02 Å². The Balaban J connectivity index is 1.76. The van der Waals surface area contributed by atoms with Crippen LogP contribution < -0.4 is 14.8 Å². The fourth-order valence-corrected chi connectivity index (χ4v) is 3.77. The molecule has 0 unspecified atom stereocenters. The first-order valence-electron chi connectivity index (χ1n) is 8.65. The second kappa shape index (κ2) is 7.21. The van der Waals surface area contributed by atoms with Crippen LogP contribution in [-0.2, 0) is 5.54 Å². The molecule has 0 aliphatic carbocycles. The summed E-state index contributed by atoms with van der Waals surface area (Å²) in [5.74, 6) is 1.96. The van der Waals surface area contributed by atoms with E-state index in [1.54, 1.807) is 32.5 Å². The predicted molar refractivity (Wildman–Crippen MR) is 99.3 cm³/mol. The first-order valence-corrected chi connectivity index (χ1v) is 9.02. The van der Waals surface area contributed by atoms with E-state index in [1.165, 1.54) is 0 Å². The van der Waals surface area contributed by atoms with E-state index in [4.69, 9.17) is 25.6 Å². The maximum atomic E-state index is 6.31. The number of hydrogen-bond donors (Lipinski definition) is 1. The monoisotopic (exact) mass is 389 g/mol. The molecule has 142 valence electrons. The minimum absolute atomic E-state index is 0.418. The van der Waals surface area contributed by atoms with Crippen molar-refractivity contribution in [3.05, 3.63) is 41.5 Å². The Morgan fingerprint density at radius 1 is 1.22 bits per heavy atom. The maximum absolute atomic E-state index is 6.31. The van der Waals surface area contributed by atoms with Crippen LogP contribution in [0, 0.1) is 0 Å². The molecule has 0 radical (unpaired) electrons. The summed E-state index contributed by atoms with van der Waals surface area (Å²) < 4.78 is 18.2. The SMILES string of the molecule is COc1cc(-c2noc(C3(n4cccn4)CCNCC3)n2)cc(Cl)c1OC. The van der Waals surface area contributed by atoms with Crippen LogP contribution in [-0.4, -0.2) is 47.2 Å². The third-order valence-corrected chi connectivity index (χ3v) is 5.17. The van der Waals surface area contributed by atoms with Crippen LogP contribution in [0.5, 0.6) is 11.5 Å². The summed E-state index contributed by atoms with van der Waals surface area (Å²) in [6.07, 6.45) is 5.31. The maximum Gasteiger partial charge on any atom is 0.255 e. The first-order chi connectivity index (χ1) is 13.2. The molecular weight excluding hydrogens is 370 g/mol. The van der Waals surface area contributed by atoms with Crippen molar-refractivity contribution in [2.75, 3.05) is 27.3 Å². The van der Waals surface area contributed by atoms with Gasteiger partial charge in [-0.2, -0.15) is 10.1 Å². The Morgan fingerprint density at radius 2 is 2.04 bits per heavy atom. The van der Waals surface area contributed by atoms with Gasteiger partial charge in [-0.25, -0.2) is 0 Å². The molecule has 3 heterocycles. The van der Waals surface area contributed by atoms with Gasteiger partial charge in [-0.15, -0.1) is 0 Å². The number of benzene rings is 1. The summed E-state index contributed by atoms with van der Waals surface area (Å²) in [6, 6.07) is 5.41. The van der Waals surface area contributed by atoms with Crippen molar-refractivity contribution in [3.63, 3.8) is 0 Å². The largest absolute Gasteiger partial charge is 0.493 e. The molecule has 1 aromatic carbocycles. The number of halogens is 1. The fraction of sp³-hybridized carbons (Fsp3) is 0.389. The second-order valence-electron chi connectivity index (χ2n) is 6.35. The number of aromatic nitrogens is 4. The molecule has 1 aliphatic rings. The smallest absolute Gasteiger partial charge is 0.255 e. The average Bonchev–Trinajstić information content (AvgIpc) is 3.40. The molecular formula is C18H20ClN5O3. The van der Waals surface area contributed by atoms with Gasteiger partial charge in [-0.3, -0.25) is 4.68 Å². The van der Waals surface area contributed by atoms with Crippen LogP contribution in [0.15, 0.2) is 35.1 Å². The van der Waals surface area contributed by atoms with Crippen LogP contribution >= 0.6 is 11.6 Å². The number of piperidine rings is 1. The second-order valence-corrected chi connectivity index (χ2v) is 6.76. The Morgan fingerprint density at radius 3 is 2.70 bits per heavy atom. The summed E-state index contributed by atoms with van der Waals surface area (Å²) in [4.78, 5) is 4.68. The lowest BCUT2D eigenvalue weighted by atomic mass is 9.88. The minimum atomic E-state index is -0.458. The molecule has 1 saturated heterocycles. The van der Waals surface area contributed by atoms with Crippen molar-refractivity contribution in [2.24, 2.45) is 0 Å². The average molecular weight is 390 g/mol. The van der Waals surface area contributed by atoms with Gasteiger partial charge in [-0.05, 0) is 44.1 Å². The van der Waals surface area contributed by atoms with Gasteiger partial charge >= 0.3 is 0 Å². The molecule has 1 N–H and O–H groups in total. The molecule has 1 fully saturated rings. The van der Waals surface area contributed by atoms with Crippen LogP contribution in [0.4, 0.5) is 0 Å². The van der Waals surface area contributed by atoms with Crippen molar-refractivity contribution in [1.82, 2.24) is 25.2 Å². The minimum Gasteiger partial charge on any atom is -0.493 e. The molecule has 0 saturated carbocycles. The molecule has 27 heavy (non-hydrogen) atoms. The molecule has 0 amide bonds. The highest BCUT2D eigenvalue weighted by molar-refractivity contribution is 6.32. The Kier molecular flexibility index (Phi) is 4.75. The number of hydrogen-bond acceptors (Lipinski definition) is 7.